The van der Waals surface area contributed by atoms with Gasteiger partial charge in [-0.15, -0.1) is 16.4 Å². The standard InChI is InChI=1S/C11H10N4OS2/c1-14(7-8-3-2-6-17-8)11-13-15-9(16)4-5-12-10(15)18-11/h2-6H,7H2,1H3. The summed E-state index contributed by atoms with van der Waals surface area (Å²) >= 11 is 3.12. The Morgan fingerprint density at radius 2 is 2.33 bits per heavy atom. The maximum atomic E-state index is 11.6. The number of rotatable bonds is 3. The summed E-state index contributed by atoms with van der Waals surface area (Å²) in [7, 11) is 1.96. The molecule has 3 aromatic heterocycles. The van der Waals surface area contributed by atoms with Gasteiger partial charge in [0.25, 0.3) is 5.56 Å². The molecule has 7 heteroatoms. The number of fused-ring (bicyclic) bond motifs is 1. The molecule has 0 aliphatic rings. The molecule has 0 aliphatic carbocycles. The van der Waals surface area contributed by atoms with Crippen molar-refractivity contribution in [3.05, 3.63) is 45.0 Å². The first-order valence-corrected chi connectivity index (χ1v) is 7.02. The smallest absolute Gasteiger partial charge is 0.275 e. The summed E-state index contributed by atoms with van der Waals surface area (Å²) in [6.45, 7) is 0.784. The Bertz CT molecular complexity index is 716. The van der Waals surface area contributed by atoms with Crippen LogP contribution in [-0.4, -0.2) is 21.6 Å². The molecule has 0 unspecified atom stereocenters. The van der Waals surface area contributed by atoms with Gasteiger partial charge in [0, 0.05) is 24.2 Å². The van der Waals surface area contributed by atoms with Crippen LogP contribution in [0.3, 0.4) is 0 Å². The Kier molecular flexibility index (Phi) is 2.85. The lowest BCUT2D eigenvalue weighted by atomic mass is 10.4. The Hall–Kier alpha value is -1.73. The summed E-state index contributed by atoms with van der Waals surface area (Å²) in [5.41, 5.74) is -0.146. The van der Waals surface area contributed by atoms with Gasteiger partial charge in [-0.1, -0.05) is 17.4 Å². The predicted octanol–water partition coefficient (Wildman–Crippen LogP) is 1.85. The van der Waals surface area contributed by atoms with E-state index < -0.39 is 0 Å². The largest absolute Gasteiger partial charge is 0.345 e. The van der Waals surface area contributed by atoms with E-state index in [1.807, 2.05) is 23.4 Å². The lowest BCUT2D eigenvalue weighted by molar-refractivity contribution is 0.850. The van der Waals surface area contributed by atoms with E-state index >= 15 is 0 Å². The molecule has 0 saturated carbocycles. The molecule has 0 amide bonds. The van der Waals surface area contributed by atoms with Gasteiger partial charge in [0.2, 0.25) is 10.1 Å². The number of hydrogen-bond donors (Lipinski definition) is 0. The van der Waals surface area contributed by atoms with Crippen LogP contribution in [0.5, 0.6) is 0 Å². The van der Waals surface area contributed by atoms with E-state index in [1.54, 1.807) is 11.3 Å². The van der Waals surface area contributed by atoms with Gasteiger partial charge in [0.15, 0.2) is 0 Å². The minimum Gasteiger partial charge on any atom is -0.345 e. The summed E-state index contributed by atoms with van der Waals surface area (Å²) in [4.78, 5) is 19.6. The molecule has 0 N–H and O–H groups in total. The van der Waals surface area contributed by atoms with E-state index in [-0.39, 0.29) is 5.56 Å². The highest BCUT2D eigenvalue weighted by atomic mass is 32.1. The van der Waals surface area contributed by atoms with Gasteiger partial charge in [-0.25, -0.2) is 4.98 Å². The zero-order valence-electron chi connectivity index (χ0n) is 9.61. The summed E-state index contributed by atoms with van der Waals surface area (Å²) in [5, 5.41) is 7.12. The zero-order valence-corrected chi connectivity index (χ0v) is 11.2. The van der Waals surface area contributed by atoms with Crippen molar-refractivity contribution < 1.29 is 0 Å². The molecule has 0 bridgehead atoms. The molecule has 3 aromatic rings. The summed E-state index contributed by atoms with van der Waals surface area (Å²) < 4.78 is 1.34. The van der Waals surface area contributed by atoms with E-state index in [4.69, 9.17) is 0 Å². The van der Waals surface area contributed by atoms with Crippen molar-refractivity contribution >= 4 is 32.8 Å². The molecular formula is C11H10N4OS2. The van der Waals surface area contributed by atoms with Crippen LogP contribution >= 0.6 is 22.7 Å². The van der Waals surface area contributed by atoms with Crippen molar-refractivity contribution in [3.8, 4) is 0 Å². The molecule has 0 saturated heterocycles. The maximum Gasteiger partial charge on any atom is 0.275 e. The van der Waals surface area contributed by atoms with Gasteiger partial charge in [-0.05, 0) is 11.4 Å². The molecule has 0 aromatic carbocycles. The van der Waals surface area contributed by atoms with Crippen LogP contribution in [-0.2, 0) is 6.54 Å². The second-order valence-electron chi connectivity index (χ2n) is 3.80. The van der Waals surface area contributed by atoms with Gasteiger partial charge in [0.1, 0.15) is 0 Å². The lowest BCUT2D eigenvalue weighted by Gasteiger charge is -2.13. The fourth-order valence-corrected chi connectivity index (χ4v) is 3.19. The van der Waals surface area contributed by atoms with Crippen LogP contribution in [0.15, 0.2) is 34.6 Å². The molecule has 0 spiro atoms. The first-order chi connectivity index (χ1) is 8.74. The van der Waals surface area contributed by atoms with Crippen LogP contribution in [0.2, 0.25) is 0 Å². The van der Waals surface area contributed by atoms with Crippen molar-refractivity contribution in [2.45, 2.75) is 6.54 Å². The normalized spacial score (nSPS) is 10.9. The number of aromatic nitrogens is 3. The second-order valence-corrected chi connectivity index (χ2v) is 5.76. The fraction of sp³-hybridized carbons (Fsp3) is 0.182. The molecular weight excluding hydrogens is 268 g/mol. The minimum atomic E-state index is -0.146. The monoisotopic (exact) mass is 278 g/mol. The van der Waals surface area contributed by atoms with Crippen LogP contribution in [0.4, 0.5) is 5.13 Å². The highest BCUT2D eigenvalue weighted by Crippen LogP contribution is 2.22. The molecule has 3 heterocycles. The third kappa shape index (κ3) is 2.02. The Morgan fingerprint density at radius 3 is 3.06 bits per heavy atom. The molecule has 3 rings (SSSR count). The predicted molar refractivity (Wildman–Crippen MR) is 73.6 cm³/mol. The zero-order chi connectivity index (χ0) is 12.5. The summed E-state index contributed by atoms with van der Waals surface area (Å²) in [6.07, 6.45) is 1.51. The molecule has 0 fully saturated rings. The highest BCUT2D eigenvalue weighted by Gasteiger charge is 2.10. The lowest BCUT2D eigenvalue weighted by Crippen LogP contribution is -2.17. The molecule has 0 radical (unpaired) electrons. The number of thiophene rings is 1. The topological polar surface area (TPSA) is 50.5 Å². The Morgan fingerprint density at radius 1 is 1.44 bits per heavy atom. The van der Waals surface area contributed by atoms with Gasteiger partial charge >= 0.3 is 0 Å². The highest BCUT2D eigenvalue weighted by molar-refractivity contribution is 7.20. The van der Waals surface area contributed by atoms with Crippen LogP contribution in [0.25, 0.3) is 4.96 Å². The molecule has 92 valence electrons. The Balaban J connectivity index is 1.94. The van der Waals surface area contributed by atoms with E-state index in [0.29, 0.717) is 4.96 Å². The number of anilines is 1. The van der Waals surface area contributed by atoms with E-state index in [2.05, 4.69) is 16.1 Å². The minimum absolute atomic E-state index is 0.146. The van der Waals surface area contributed by atoms with Crippen molar-refractivity contribution in [1.29, 1.82) is 0 Å². The summed E-state index contributed by atoms with van der Waals surface area (Å²) in [5.74, 6) is 0. The van der Waals surface area contributed by atoms with Crippen LogP contribution in [0, 0.1) is 0 Å². The SMILES string of the molecule is CN(Cc1cccs1)c1nn2c(=O)ccnc2s1. The van der Waals surface area contributed by atoms with Crippen molar-refractivity contribution in [1.82, 2.24) is 14.6 Å². The maximum absolute atomic E-state index is 11.6. The van der Waals surface area contributed by atoms with Crippen LogP contribution in [0.1, 0.15) is 4.88 Å². The number of nitrogens with zero attached hydrogens (tertiary/aromatic N) is 4. The average Bonchev–Trinajstić information content (AvgIpc) is 2.97. The van der Waals surface area contributed by atoms with Crippen molar-refractivity contribution in [2.75, 3.05) is 11.9 Å². The first kappa shape index (κ1) is 11.4. The van der Waals surface area contributed by atoms with E-state index in [0.717, 1.165) is 11.7 Å². The fourth-order valence-electron chi connectivity index (χ4n) is 1.59. The summed E-state index contributed by atoms with van der Waals surface area (Å²) in [6, 6.07) is 5.52. The third-order valence-corrected chi connectivity index (χ3v) is 4.36. The van der Waals surface area contributed by atoms with Crippen molar-refractivity contribution in [3.63, 3.8) is 0 Å². The molecule has 18 heavy (non-hydrogen) atoms. The second kappa shape index (κ2) is 4.51. The molecule has 0 atom stereocenters. The third-order valence-electron chi connectivity index (χ3n) is 2.46. The van der Waals surface area contributed by atoms with Gasteiger partial charge in [-0.3, -0.25) is 4.79 Å². The van der Waals surface area contributed by atoms with E-state index in [9.17, 15) is 4.79 Å². The first-order valence-electron chi connectivity index (χ1n) is 5.32. The van der Waals surface area contributed by atoms with Gasteiger partial charge in [0.05, 0.1) is 6.54 Å². The van der Waals surface area contributed by atoms with Gasteiger partial charge < -0.3 is 4.90 Å². The molecule has 5 nitrogen and oxygen atoms in total. The number of hydrogen-bond acceptors (Lipinski definition) is 6. The van der Waals surface area contributed by atoms with E-state index in [1.165, 1.54) is 33.0 Å². The van der Waals surface area contributed by atoms with Crippen molar-refractivity contribution in [2.24, 2.45) is 0 Å². The quantitative estimate of drug-likeness (QED) is 0.733. The van der Waals surface area contributed by atoms with Gasteiger partial charge in [-0.2, -0.15) is 4.52 Å². The van der Waals surface area contributed by atoms with Crippen LogP contribution < -0.4 is 10.5 Å². The molecule has 0 aliphatic heterocycles. The Labute approximate surface area is 111 Å². The average molecular weight is 278 g/mol.